The molecule has 0 fully saturated rings. The molecule has 102 valence electrons. The first-order chi connectivity index (χ1) is 9.65. The number of rotatable bonds is 1. The van der Waals surface area contributed by atoms with Crippen LogP contribution in [-0.4, -0.2) is 22.3 Å². The number of aromatic nitrogens is 1. The molecule has 1 aliphatic rings. The van der Waals surface area contributed by atoms with E-state index in [1.165, 1.54) is 11.1 Å². The van der Waals surface area contributed by atoms with E-state index >= 15 is 0 Å². The fraction of sp³-hybridized carbons (Fsp3) is 0.200. The molecule has 0 atom stereocenters. The minimum Gasteiger partial charge on any atom is -0.383 e. The van der Waals surface area contributed by atoms with E-state index in [-0.39, 0.29) is 11.7 Å². The average Bonchev–Trinajstić information content (AvgIpc) is 2.48. The minimum atomic E-state index is -0.0641. The lowest BCUT2D eigenvalue weighted by Crippen LogP contribution is -2.36. The summed E-state index contributed by atoms with van der Waals surface area (Å²) in [6, 6.07) is 9.95. The van der Waals surface area contributed by atoms with Gasteiger partial charge in [0.2, 0.25) is 0 Å². The Morgan fingerprint density at radius 1 is 1.30 bits per heavy atom. The van der Waals surface area contributed by atoms with Crippen molar-refractivity contribution in [2.75, 3.05) is 12.3 Å². The molecule has 1 aromatic carbocycles. The molecule has 2 aromatic rings. The van der Waals surface area contributed by atoms with E-state index < -0.39 is 0 Å². The SMILES string of the molecule is Nc1ncc(Br)cc1C(=O)N1CCc2ccccc2C1. The highest BCUT2D eigenvalue weighted by Gasteiger charge is 2.23. The molecule has 5 heteroatoms. The van der Waals surface area contributed by atoms with Crippen LogP contribution in [-0.2, 0) is 13.0 Å². The zero-order valence-corrected chi connectivity index (χ0v) is 12.4. The predicted molar refractivity (Wildman–Crippen MR) is 81.2 cm³/mol. The van der Waals surface area contributed by atoms with Crippen molar-refractivity contribution >= 4 is 27.7 Å². The van der Waals surface area contributed by atoms with E-state index in [9.17, 15) is 4.79 Å². The topological polar surface area (TPSA) is 59.2 Å². The predicted octanol–water partition coefficient (Wildman–Crippen LogP) is 2.62. The molecule has 0 bridgehead atoms. The van der Waals surface area contributed by atoms with Gasteiger partial charge in [-0.3, -0.25) is 4.79 Å². The quantitative estimate of drug-likeness (QED) is 0.873. The lowest BCUT2D eigenvalue weighted by molar-refractivity contribution is 0.0735. The van der Waals surface area contributed by atoms with Gasteiger partial charge in [-0.15, -0.1) is 0 Å². The maximum absolute atomic E-state index is 12.6. The minimum absolute atomic E-state index is 0.0641. The Hall–Kier alpha value is -1.88. The van der Waals surface area contributed by atoms with Gasteiger partial charge in [-0.2, -0.15) is 0 Å². The zero-order chi connectivity index (χ0) is 14.1. The number of carbonyl (C=O) groups is 1. The second-order valence-electron chi connectivity index (χ2n) is 4.83. The molecule has 4 nitrogen and oxygen atoms in total. The van der Waals surface area contributed by atoms with Crippen molar-refractivity contribution in [1.29, 1.82) is 0 Å². The summed E-state index contributed by atoms with van der Waals surface area (Å²) in [4.78, 5) is 18.4. The van der Waals surface area contributed by atoms with Crippen LogP contribution in [0, 0.1) is 0 Å². The number of hydrogen-bond acceptors (Lipinski definition) is 3. The molecule has 1 amide bonds. The van der Waals surface area contributed by atoms with Gasteiger partial charge in [0, 0.05) is 23.8 Å². The first kappa shape index (κ1) is 13.1. The Bertz CT molecular complexity index is 672. The lowest BCUT2D eigenvalue weighted by Gasteiger charge is -2.29. The highest BCUT2D eigenvalue weighted by Crippen LogP contribution is 2.23. The molecule has 3 rings (SSSR count). The van der Waals surface area contributed by atoms with Gasteiger partial charge >= 0.3 is 0 Å². The number of pyridine rings is 1. The number of fused-ring (bicyclic) bond motifs is 1. The third-order valence-corrected chi connectivity index (χ3v) is 3.97. The molecule has 0 unspecified atom stereocenters. The second-order valence-corrected chi connectivity index (χ2v) is 5.75. The number of hydrogen-bond donors (Lipinski definition) is 1. The molecule has 1 aliphatic heterocycles. The first-order valence-electron chi connectivity index (χ1n) is 6.42. The number of nitrogen functional groups attached to an aromatic ring is 1. The number of nitrogens with zero attached hydrogens (tertiary/aromatic N) is 2. The van der Waals surface area contributed by atoms with Crippen molar-refractivity contribution < 1.29 is 4.79 Å². The smallest absolute Gasteiger partial charge is 0.257 e. The summed E-state index contributed by atoms with van der Waals surface area (Å²) >= 11 is 3.33. The molecular weight excluding hydrogens is 318 g/mol. The maximum atomic E-state index is 12.6. The van der Waals surface area contributed by atoms with Crippen molar-refractivity contribution in [3.05, 3.63) is 57.7 Å². The van der Waals surface area contributed by atoms with E-state index in [4.69, 9.17) is 5.73 Å². The highest BCUT2D eigenvalue weighted by atomic mass is 79.9. The van der Waals surface area contributed by atoms with Crippen LogP contribution in [0.2, 0.25) is 0 Å². The molecule has 0 saturated carbocycles. The van der Waals surface area contributed by atoms with E-state index in [0.29, 0.717) is 18.7 Å². The molecular formula is C15H14BrN3O. The Morgan fingerprint density at radius 3 is 2.85 bits per heavy atom. The summed E-state index contributed by atoms with van der Waals surface area (Å²) in [6.07, 6.45) is 2.47. The Morgan fingerprint density at radius 2 is 2.05 bits per heavy atom. The summed E-state index contributed by atoms with van der Waals surface area (Å²) in [5.41, 5.74) is 8.79. The van der Waals surface area contributed by atoms with Gasteiger partial charge in [0.1, 0.15) is 5.82 Å². The van der Waals surface area contributed by atoms with Gasteiger partial charge in [0.05, 0.1) is 5.56 Å². The molecule has 1 aromatic heterocycles. The monoisotopic (exact) mass is 331 g/mol. The van der Waals surface area contributed by atoms with Crippen LogP contribution in [0.4, 0.5) is 5.82 Å². The normalized spacial score (nSPS) is 13.9. The Labute approximate surface area is 125 Å². The van der Waals surface area contributed by atoms with Crippen LogP contribution in [0.25, 0.3) is 0 Å². The van der Waals surface area contributed by atoms with E-state index in [1.54, 1.807) is 12.3 Å². The van der Waals surface area contributed by atoms with Crippen LogP contribution >= 0.6 is 15.9 Å². The van der Waals surface area contributed by atoms with Crippen molar-refractivity contribution in [1.82, 2.24) is 9.88 Å². The van der Waals surface area contributed by atoms with E-state index in [1.807, 2.05) is 17.0 Å². The fourth-order valence-corrected chi connectivity index (χ4v) is 2.79. The van der Waals surface area contributed by atoms with Crippen molar-refractivity contribution in [3.8, 4) is 0 Å². The Kier molecular flexibility index (Phi) is 3.44. The fourth-order valence-electron chi connectivity index (χ4n) is 2.46. The van der Waals surface area contributed by atoms with Crippen LogP contribution < -0.4 is 5.73 Å². The van der Waals surface area contributed by atoms with Gasteiger partial charge in [0.15, 0.2) is 0 Å². The van der Waals surface area contributed by atoms with Crippen LogP contribution in [0.15, 0.2) is 41.0 Å². The maximum Gasteiger partial charge on any atom is 0.257 e. The van der Waals surface area contributed by atoms with E-state index in [0.717, 1.165) is 10.9 Å². The van der Waals surface area contributed by atoms with Gasteiger partial charge in [-0.25, -0.2) is 4.98 Å². The third kappa shape index (κ3) is 2.41. The van der Waals surface area contributed by atoms with Crippen LogP contribution in [0.1, 0.15) is 21.5 Å². The summed E-state index contributed by atoms with van der Waals surface area (Å²) in [6.45, 7) is 1.34. The molecule has 2 heterocycles. The molecule has 0 radical (unpaired) electrons. The first-order valence-corrected chi connectivity index (χ1v) is 7.21. The highest BCUT2D eigenvalue weighted by molar-refractivity contribution is 9.10. The molecule has 0 aliphatic carbocycles. The van der Waals surface area contributed by atoms with Gasteiger partial charge in [-0.05, 0) is 39.5 Å². The number of nitrogens with two attached hydrogens (primary N) is 1. The number of amides is 1. The summed E-state index contributed by atoms with van der Waals surface area (Å²) in [7, 11) is 0. The standard InChI is InChI=1S/C15H14BrN3O/c16-12-7-13(14(17)18-8-12)15(20)19-6-5-10-3-1-2-4-11(10)9-19/h1-4,7-8H,5-6,9H2,(H2,17,18). The molecule has 0 spiro atoms. The average molecular weight is 332 g/mol. The number of halogens is 1. The zero-order valence-electron chi connectivity index (χ0n) is 10.8. The number of anilines is 1. The van der Waals surface area contributed by atoms with E-state index in [2.05, 4.69) is 33.0 Å². The van der Waals surface area contributed by atoms with Crippen molar-refractivity contribution in [3.63, 3.8) is 0 Å². The van der Waals surface area contributed by atoms with Crippen LogP contribution in [0.5, 0.6) is 0 Å². The number of carbonyl (C=O) groups excluding carboxylic acids is 1. The lowest BCUT2D eigenvalue weighted by atomic mass is 9.99. The summed E-state index contributed by atoms with van der Waals surface area (Å²) in [5, 5.41) is 0. The van der Waals surface area contributed by atoms with Gasteiger partial charge in [0.25, 0.3) is 5.91 Å². The molecule has 20 heavy (non-hydrogen) atoms. The number of benzene rings is 1. The Balaban J connectivity index is 1.88. The van der Waals surface area contributed by atoms with Crippen molar-refractivity contribution in [2.45, 2.75) is 13.0 Å². The van der Waals surface area contributed by atoms with Gasteiger partial charge in [-0.1, -0.05) is 24.3 Å². The van der Waals surface area contributed by atoms with Crippen LogP contribution in [0.3, 0.4) is 0 Å². The third-order valence-electron chi connectivity index (χ3n) is 3.53. The molecule has 2 N–H and O–H groups in total. The van der Waals surface area contributed by atoms with Gasteiger partial charge < -0.3 is 10.6 Å². The summed E-state index contributed by atoms with van der Waals surface area (Å²) < 4.78 is 0.757. The second kappa shape index (κ2) is 5.25. The summed E-state index contributed by atoms with van der Waals surface area (Å²) in [5.74, 6) is 0.211. The largest absolute Gasteiger partial charge is 0.383 e. The van der Waals surface area contributed by atoms with Crippen molar-refractivity contribution in [2.24, 2.45) is 0 Å². The molecule has 0 saturated heterocycles.